The Morgan fingerprint density at radius 3 is 2.64 bits per heavy atom. The first kappa shape index (κ1) is 17.0. The second kappa shape index (κ2) is 7.38. The molecule has 0 N–H and O–H groups in total. The van der Waals surface area contributed by atoms with E-state index < -0.39 is 0 Å². The summed E-state index contributed by atoms with van der Waals surface area (Å²) in [6.45, 7) is 3.60. The van der Waals surface area contributed by atoms with Crippen molar-refractivity contribution in [1.29, 1.82) is 0 Å². The molecular weight excluding hydrogens is 322 g/mol. The fourth-order valence-electron chi connectivity index (χ4n) is 2.82. The summed E-state index contributed by atoms with van der Waals surface area (Å²) in [5.41, 5.74) is 2.43. The maximum absolute atomic E-state index is 12.9. The van der Waals surface area contributed by atoms with Crippen LogP contribution in [0.5, 0.6) is 17.6 Å². The van der Waals surface area contributed by atoms with Crippen LogP contribution in [-0.4, -0.2) is 48.1 Å². The minimum absolute atomic E-state index is 0.119. The Kier molecular flexibility index (Phi) is 5.02. The van der Waals surface area contributed by atoms with Crippen LogP contribution < -0.4 is 14.2 Å². The van der Waals surface area contributed by atoms with Crippen molar-refractivity contribution in [2.45, 2.75) is 19.9 Å². The van der Waals surface area contributed by atoms with Gasteiger partial charge in [0.15, 0.2) is 0 Å². The third-order valence-electron chi connectivity index (χ3n) is 4.07. The Bertz CT molecular complexity index is 779. The van der Waals surface area contributed by atoms with Crippen LogP contribution in [0.2, 0.25) is 0 Å². The lowest BCUT2D eigenvalue weighted by molar-refractivity contribution is 0.0729. The molecule has 0 aliphatic carbocycles. The second-order valence-electron chi connectivity index (χ2n) is 5.58. The number of hydrogen-bond acceptors (Lipinski definition) is 6. The van der Waals surface area contributed by atoms with Crippen molar-refractivity contribution in [2.24, 2.45) is 0 Å². The SMILES string of the molecule is CCOc1ccc2c(n1)CCN(C(=O)c1ccc(OC)nc1OC)C2. The number of rotatable bonds is 5. The van der Waals surface area contributed by atoms with Gasteiger partial charge in [-0.25, -0.2) is 4.98 Å². The summed E-state index contributed by atoms with van der Waals surface area (Å²) in [7, 11) is 3.01. The molecule has 0 radical (unpaired) electrons. The quantitative estimate of drug-likeness (QED) is 0.828. The summed E-state index contributed by atoms with van der Waals surface area (Å²) < 4.78 is 15.8. The van der Waals surface area contributed by atoms with Gasteiger partial charge in [-0.15, -0.1) is 0 Å². The number of methoxy groups -OCH3 is 2. The average molecular weight is 343 g/mol. The smallest absolute Gasteiger partial charge is 0.259 e. The predicted octanol–water partition coefficient (Wildman–Crippen LogP) is 2.09. The molecule has 0 unspecified atom stereocenters. The second-order valence-corrected chi connectivity index (χ2v) is 5.58. The van der Waals surface area contributed by atoms with Gasteiger partial charge in [0.05, 0.1) is 26.5 Å². The molecule has 132 valence electrons. The van der Waals surface area contributed by atoms with Crippen molar-refractivity contribution in [3.8, 4) is 17.6 Å². The lowest BCUT2D eigenvalue weighted by atomic mass is 10.0. The van der Waals surface area contributed by atoms with Crippen LogP contribution in [-0.2, 0) is 13.0 Å². The Morgan fingerprint density at radius 1 is 1.12 bits per heavy atom. The van der Waals surface area contributed by atoms with Gasteiger partial charge in [0, 0.05) is 31.6 Å². The standard InChI is InChI=1S/C18H21N3O4/c1-4-25-16-7-5-12-11-21(10-9-14(12)19-16)18(22)13-6-8-15(23-2)20-17(13)24-3/h5-8H,4,9-11H2,1-3H3. The molecule has 0 bridgehead atoms. The zero-order chi connectivity index (χ0) is 17.8. The largest absolute Gasteiger partial charge is 0.481 e. The summed E-state index contributed by atoms with van der Waals surface area (Å²) in [5, 5.41) is 0. The van der Waals surface area contributed by atoms with Gasteiger partial charge in [-0.1, -0.05) is 6.07 Å². The first-order valence-corrected chi connectivity index (χ1v) is 8.16. The van der Waals surface area contributed by atoms with Crippen LogP contribution in [0.25, 0.3) is 0 Å². The third kappa shape index (κ3) is 3.50. The van der Waals surface area contributed by atoms with Gasteiger partial charge < -0.3 is 19.1 Å². The molecule has 7 heteroatoms. The molecule has 25 heavy (non-hydrogen) atoms. The fourth-order valence-corrected chi connectivity index (χ4v) is 2.82. The summed E-state index contributed by atoms with van der Waals surface area (Å²) in [6, 6.07) is 7.14. The number of aromatic nitrogens is 2. The molecule has 0 aromatic carbocycles. The molecule has 0 saturated carbocycles. The van der Waals surface area contributed by atoms with E-state index in [2.05, 4.69) is 9.97 Å². The number of pyridine rings is 2. The number of carbonyl (C=O) groups excluding carboxylic acids is 1. The third-order valence-corrected chi connectivity index (χ3v) is 4.07. The molecule has 0 fully saturated rings. The van der Waals surface area contributed by atoms with E-state index in [0.29, 0.717) is 43.4 Å². The normalized spacial score (nSPS) is 13.2. The fraction of sp³-hybridized carbons (Fsp3) is 0.389. The molecule has 3 rings (SSSR count). The molecular formula is C18H21N3O4. The van der Waals surface area contributed by atoms with Gasteiger partial charge >= 0.3 is 0 Å². The van der Waals surface area contributed by atoms with Crippen molar-refractivity contribution in [2.75, 3.05) is 27.4 Å². The molecule has 2 aromatic rings. The monoisotopic (exact) mass is 343 g/mol. The van der Waals surface area contributed by atoms with E-state index in [1.165, 1.54) is 14.2 Å². The van der Waals surface area contributed by atoms with E-state index in [1.807, 2.05) is 19.1 Å². The average Bonchev–Trinajstić information content (AvgIpc) is 2.66. The highest BCUT2D eigenvalue weighted by Gasteiger charge is 2.26. The topological polar surface area (TPSA) is 73.8 Å². The molecule has 7 nitrogen and oxygen atoms in total. The number of fused-ring (bicyclic) bond motifs is 1. The summed E-state index contributed by atoms with van der Waals surface area (Å²) in [5.74, 6) is 1.18. The van der Waals surface area contributed by atoms with E-state index in [0.717, 1.165) is 11.3 Å². The lowest BCUT2D eigenvalue weighted by Gasteiger charge is -2.28. The number of carbonyl (C=O) groups is 1. The minimum Gasteiger partial charge on any atom is -0.481 e. The highest BCUT2D eigenvalue weighted by atomic mass is 16.5. The van der Waals surface area contributed by atoms with Crippen molar-refractivity contribution in [3.63, 3.8) is 0 Å². The Balaban J connectivity index is 1.81. The number of ether oxygens (including phenoxy) is 3. The van der Waals surface area contributed by atoms with Crippen LogP contribution in [0.3, 0.4) is 0 Å². The van der Waals surface area contributed by atoms with Gasteiger partial charge in [-0.2, -0.15) is 4.98 Å². The van der Waals surface area contributed by atoms with E-state index >= 15 is 0 Å². The van der Waals surface area contributed by atoms with Gasteiger partial charge in [0.1, 0.15) is 5.56 Å². The van der Waals surface area contributed by atoms with Gasteiger partial charge in [-0.3, -0.25) is 4.79 Å². The highest BCUT2D eigenvalue weighted by Crippen LogP contribution is 2.25. The van der Waals surface area contributed by atoms with Crippen molar-refractivity contribution in [1.82, 2.24) is 14.9 Å². The maximum atomic E-state index is 12.9. The number of nitrogens with zero attached hydrogens (tertiary/aromatic N) is 3. The molecule has 3 heterocycles. The summed E-state index contributed by atoms with van der Waals surface area (Å²) in [6.07, 6.45) is 0.688. The van der Waals surface area contributed by atoms with E-state index in [4.69, 9.17) is 14.2 Å². The van der Waals surface area contributed by atoms with E-state index in [9.17, 15) is 4.79 Å². The van der Waals surface area contributed by atoms with E-state index in [-0.39, 0.29) is 11.8 Å². The van der Waals surface area contributed by atoms with Crippen LogP contribution in [0.15, 0.2) is 24.3 Å². The Labute approximate surface area is 146 Å². The van der Waals surface area contributed by atoms with Crippen LogP contribution in [0.1, 0.15) is 28.5 Å². The Morgan fingerprint density at radius 2 is 1.92 bits per heavy atom. The summed E-state index contributed by atoms with van der Waals surface area (Å²) in [4.78, 5) is 23.3. The van der Waals surface area contributed by atoms with Crippen molar-refractivity contribution < 1.29 is 19.0 Å². The molecule has 1 amide bonds. The number of amides is 1. The first-order chi connectivity index (χ1) is 12.2. The zero-order valence-electron chi connectivity index (χ0n) is 14.6. The number of hydrogen-bond donors (Lipinski definition) is 0. The Hall–Kier alpha value is -2.83. The lowest BCUT2D eigenvalue weighted by Crippen LogP contribution is -2.36. The highest BCUT2D eigenvalue weighted by molar-refractivity contribution is 5.96. The molecule has 1 aliphatic heterocycles. The first-order valence-electron chi connectivity index (χ1n) is 8.16. The van der Waals surface area contributed by atoms with Crippen molar-refractivity contribution in [3.05, 3.63) is 41.1 Å². The van der Waals surface area contributed by atoms with Gasteiger partial charge in [0.2, 0.25) is 17.6 Å². The van der Waals surface area contributed by atoms with E-state index in [1.54, 1.807) is 17.0 Å². The maximum Gasteiger partial charge on any atom is 0.259 e. The van der Waals surface area contributed by atoms with Gasteiger partial charge in [0.25, 0.3) is 5.91 Å². The predicted molar refractivity (Wildman–Crippen MR) is 91.2 cm³/mol. The molecule has 2 aromatic heterocycles. The molecule has 0 saturated heterocycles. The van der Waals surface area contributed by atoms with Crippen LogP contribution in [0, 0.1) is 0 Å². The minimum atomic E-state index is -0.119. The zero-order valence-corrected chi connectivity index (χ0v) is 14.6. The van der Waals surface area contributed by atoms with Crippen molar-refractivity contribution >= 4 is 5.91 Å². The van der Waals surface area contributed by atoms with Crippen LogP contribution in [0.4, 0.5) is 0 Å². The molecule has 0 atom stereocenters. The van der Waals surface area contributed by atoms with Gasteiger partial charge in [-0.05, 0) is 18.6 Å². The van der Waals surface area contributed by atoms with Crippen LogP contribution >= 0.6 is 0 Å². The molecule has 1 aliphatic rings. The molecule has 0 spiro atoms. The summed E-state index contributed by atoms with van der Waals surface area (Å²) >= 11 is 0.